The third kappa shape index (κ3) is 4.63. The minimum absolute atomic E-state index is 0.0351. The number of rotatable bonds is 4. The average molecular weight is 409 g/mol. The second kappa shape index (κ2) is 9.55. The van der Waals surface area contributed by atoms with Gasteiger partial charge in [0.2, 0.25) is 0 Å². The molecule has 2 aromatic carbocycles. The Morgan fingerprint density at radius 1 is 0.933 bits per heavy atom. The molecule has 1 saturated carbocycles. The molecule has 0 radical (unpaired) electrons. The predicted octanol–water partition coefficient (Wildman–Crippen LogP) is 6.72. The summed E-state index contributed by atoms with van der Waals surface area (Å²) in [5, 5.41) is 3.70. The largest absolute Gasteiger partial charge is 0.441 e. The molecule has 4 nitrogen and oxygen atoms in total. The van der Waals surface area contributed by atoms with Crippen LogP contribution in [0.3, 0.4) is 0 Å². The summed E-state index contributed by atoms with van der Waals surface area (Å²) in [5.41, 5.74) is 3.13. The van der Waals surface area contributed by atoms with Crippen LogP contribution in [-0.2, 0) is 4.74 Å². The highest BCUT2D eigenvalue weighted by atomic mass is 16.6. The second-order valence-electron chi connectivity index (χ2n) is 8.66. The molecule has 162 valence electrons. The molecule has 1 atom stereocenters. The van der Waals surface area contributed by atoms with Crippen molar-refractivity contribution in [3.63, 3.8) is 0 Å². The molecular weight excluding hydrogens is 372 g/mol. The monoisotopic (exact) mass is 408 g/mol. The van der Waals surface area contributed by atoms with Crippen molar-refractivity contribution in [2.45, 2.75) is 84.0 Å². The van der Waals surface area contributed by atoms with E-state index >= 15 is 0 Å². The van der Waals surface area contributed by atoms with E-state index < -0.39 is 5.60 Å². The van der Waals surface area contributed by atoms with Crippen molar-refractivity contribution in [3.8, 4) is 0 Å². The molecule has 2 aliphatic rings. The van der Waals surface area contributed by atoms with Crippen molar-refractivity contribution in [1.82, 2.24) is 4.90 Å². The molecule has 4 rings (SSSR count). The fraction of sp³-hybridized carbons (Fsp3) is 0.500. The summed E-state index contributed by atoms with van der Waals surface area (Å²) in [7, 11) is 0. The Balaban J connectivity index is 0.00000124. The number of aryl methyl sites for hydroxylation is 1. The molecule has 0 bridgehead atoms. The molecule has 1 amide bonds. The maximum absolute atomic E-state index is 12.8. The van der Waals surface area contributed by atoms with Crippen LogP contribution in [-0.4, -0.2) is 28.7 Å². The van der Waals surface area contributed by atoms with Gasteiger partial charge in [-0.25, -0.2) is 4.79 Å². The fourth-order valence-corrected chi connectivity index (χ4v) is 4.78. The van der Waals surface area contributed by atoms with E-state index in [0.29, 0.717) is 6.04 Å². The zero-order chi connectivity index (χ0) is 21.7. The lowest BCUT2D eigenvalue weighted by molar-refractivity contribution is 0.0664. The van der Waals surface area contributed by atoms with E-state index in [1.54, 1.807) is 0 Å². The molecule has 30 heavy (non-hydrogen) atoms. The van der Waals surface area contributed by atoms with Crippen LogP contribution >= 0.6 is 0 Å². The number of hydrogen-bond acceptors (Lipinski definition) is 3. The lowest BCUT2D eigenvalue weighted by atomic mass is 9.86. The highest BCUT2D eigenvalue weighted by Crippen LogP contribution is 2.44. The van der Waals surface area contributed by atoms with E-state index in [0.717, 1.165) is 31.2 Å². The average Bonchev–Trinajstić information content (AvgIpc) is 3.00. The van der Waals surface area contributed by atoms with Gasteiger partial charge in [-0.15, -0.1) is 0 Å². The van der Waals surface area contributed by atoms with Gasteiger partial charge in [0.05, 0.1) is 6.04 Å². The van der Waals surface area contributed by atoms with Crippen LogP contribution in [0.1, 0.15) is 70.5 Å². The minimum Gasteiger partial charge on any atom is -0.441 e. The predicted molar refractivity (Wildman–Crippen MR) is 124 cm³/mol. The summed E-state index contributed by atoms with van der Waals surface area (Å²) in [6.07, 6.45) is 3.94. The lowest BCUT2D eigenvalue weighted by Crippen LogP contribution is -2.44. The van der Waals surface area contributed by atoms with Crippen molar-refractivity contribution < 1.29 is 9.53 Å². The van der Waals surface area contributed by atoms with E-state index in [9.17, 15) is 4.79 Å². The van der Waals surface area contributed by atoms with Crippen LogP contribution in [0.25, 0.3) is 0 Å². The van der Waals surface area contributed by atoms with Gasteiger partial charge < -0.3 is 10.1 Å². The van der Waals surface area contributed by atoms with Crippen molar-refractivity contribution in [3.05, 3.63) is 65.7 Å². The maximum atomic E-state index is 12.8. The molecule has 1 N–H and O–H groups in total. The van der Waals surface area contributed by atoms with Crippen LogP contribution in [0.15, 0.2) is 54.6 Å². The molecule has 4 heteroatoms. The zero-order valence-corrected chi connectivity index (χ0v) is 19.0. The van der Waals surface area contributed by atoms with Crippen molar-refractivity contribution in [2.75, 3.05) is 5.32 Å². The summed E-state index contributed by atoms with van der Waals surface area (Å²) in [6.45, 7) is 10.2. The first kappa shape index (κ1) is 22.2. The molecular formula is C26H36N2O2. The third-order valence-corrected chi connectivity index (χ3v) is 6.21. The van der Waals surface area contributed by atoms with Crippen LogP contribution < -0.4 is 5.32 Å². The molecule has 1 aliphatic heterocycles. The highest BCUT2D eigenvalue weighted by Gasteiger charge is 2.51. The quantitative estimate of drug-likeness (QED) is 0.611. The number of ether oxygens (including phenoxy) is 1. The molecule has 2 fully saturated rings. The topological polar surface area (TPSA) is 41.6 Å². The summed E-state index contributed by atoms with van der Waals surface area (Å²) in [5.74, 6) is 0. The van der Waals surface area contributed by atoms with E-state index in [1.807, 2.05) is 50.8 Å². The van der Waals surface area contributed by atoms with Gasteiger partial charge in [-0.1, -0.05) is 62.4 Å². The summed E-state index contributed by atoms with van der Waals surface area (Å²) >= 11 is 0. The van der Waals surface area contributed by atoms with Crippen molar-refractivity contribution >= 4 is 11.8 Å². The number of carbonyl (C=O) groups is 1. The fourth-order valence-electron chi connectivity index (χ4n) is 4.78. The van der Waals surface area contributed by atoms with Crippen molar-refractivity contribution in [1.29, 1.82) is 0 Å². The Morgan fingerprint density at radius 2 is 1.53 bits per heavy atom. The Kier molecular flexibility index (Phi) is 7.06. The summed E-state index contributed by atoms with van der Waals surface area (Å²) in [4.78, 5) is 14.8. The second-order valence-corrected chi connectivity index (χ2v) is 8.66. The van der Waals surface area contributed by atoms with E-state index in [1.165, 1.54) is 11.3 Å². The lowest BCUT2D eigenvalue weighted by Gasteiger charge is -2.38. The Hall–Kier alpha value is -2.49. The SMILES string of the molecule is CC.Cc1ccccc1NC1CCC(N2C(=O)OC(C)(C)C2c2ccccc2)CC1. The highest BCUT2D eigenvalue weighted by molar-refractivity contribution is 5.72. The minimum atomic E-state index is -0.519. The molecule has 2 aromatic rings. The first-order valence-electron chi connectivity index (χ1n) is 11.3. The number of amides is 1. The number of anilines is 1. The number of nitrogens with zero attached hydrogens (tertiary/aromatic N) is 1. The van der Waals surface area contributed by atoms with Gasteiger partial charge >= 0.3 is 6.09 Å². The van der Waals surface area contributed by atoms with E-state index in [-0.39, 0.29) is 18.2 Å². The van der Waals surface area contributed by atoms with Crippen molar-refractivity contribution in [2.24, 2.45) is 0 Å². The molecule has 0 spiro atoms. The smallest absolute Gasteiger partial charge is 0.411 e. The maximum Gasteiger partial charge on any atom is 0.411 e. The first-order chi connectivity index (χ1) is 14.5. The number of nitrogens with one attached hydrogen (secondary N) is 1. The summed E-state index contributed by atoms with van der Waals surface area (Å²) < 4.78 is 5.79. The Morgan fingerprint density at radius 3 is 2.17 bits per heavy atom. The number of cyclic esters (lactones) is 1. The number of benzene rings is 2. The van der Waals surface area contributed by atoms with E-state index in [4.69, 9.17) is 4.74 Å². The van der Waals surface area contributed by atoms with Gasteiger partial charge in [-0.05, 0) is 63.6 Å². The molecule has 1 unspecified atom stereocenters. The van der Waals surface area contributed by atoms with Crippen LogP contribution in [0.4, 0.5) is 10.5 Å². The van der Waals surface area contributed by atoms with Gasteiger partial charge in [0.25, 0.3) is 0 Å². The Labute approximate surface area is 181 Å². The molecule has 0 aromatic heterocycles. The molecule has 1 aliphatic carbocycles. The van der Waals surface area contributed by atoms with E-state index in [2.05, 4.69) is 48.6 Å². The standard InChI is InChI=1S/C24H30N2O2.C2H6/c1-17-9-7-8-12-21(17)25-19-13-15-20(16-14-19)26-22(18-10-5-4-6-11-18)24(2,3)28-23(26)27;1-2/h4-12,19-20,22,25H,13-16H2,1-3H3;1-2H3. The molecule has 1 saturated heterocycles. The van der Waals surface area contributed by atoms with Crippen LogP contribution in [0.2, 0.25) is 0 Å². The van der Waals surface area contributed by atoms with Gasteiger partial charge in [0.1, 0.15) is 5.60 Å². The van der Waals surface area contributed by atoms with Crippen LogP contribution in [0.5, 0.6) is 0 Å². The third-order valence-electron chi connectivity index (χ3n) is 6.21. The number of carbonyl (C=O) groups excluding carboxylic acids is 1. The van der Waals surface area contributed by atoms with Crippen LogP contribution in [0, 0.1) is 6.92 Å². The first-order valence-corrected chi connectivity index (χ1v) is 11.3. The normalized spacial score (nSPS) is 25.2. The van der Waals surface area contributed by atoms with Gasteiger partial charge in [-0.3, -0.25) is 4.90 Å². The van der Waals surface area contributed by atoms with Gasteiger partial charge in [0, 0.05) is 17.8 Å². The van der Waals surface area contributed by atoms with Gasteiger partial charge in [0.15, 0.2) is 0 Å². The number of hydrogen-bond donors (Lipinski definition) is 1. The van der Waals surface area contributed by atoms with Gasteiger partial charge in [-0.2, -0.15) is 0 Å². The molecule has 1 heterocycles. The summed E-state index contributed by atoms with van der Waals surface area (Å²) in [6, 6.07) is 19.4. The zero-order valence-electron chi connectivity index (χ0n) is 19.0. The Bertz CT molecular complexity index is 826. The number of para-hydroxylation sites is 1.